The van der Waals surface area contributed by atoms with Gasteiger partial charge in [-0.1, -0.05) is 0 Å². The topological polar surface area (TPSA) is 112 Å². The molecule has 1 fully saturated rings. The zero-order valence-corrected chi connectivity index (χ0v) is 13.4. The molecule has 2 aromatic heterocycles. The number of aromatic nitrogens is 2. The molecule has 0 radical (unpaired) electrons. The van der Waals surface area contributed by atoms with E-state index >= 15 is 0 Å². The molecule has 1 amide bonds. The first kappa shape index (κ1) is 16.3. The molecule has 1 saturated heterocycles. The summed E-state index contributed by atoms with van der Waals surface area (Å²) < 4.78 is 12.0. The number of nitrogen functional groups attached to an aromatic ring is 1. The van der Waals surface area contributed by atoms with Crippen LogP contribution < -0.4 is 16.6 Å². The number of anilines is 1. The van der Waals surface area contributed by atoms with Gasteiger partial charge in [-0.15, -0.1) is 0 Å². The van der Waals surface area contributed by atoms with Crippen LogP contribution in [-0.2, 0) is 16.1 Å². The molecule has 3 N–H and O–H groups in total. The summed E-state index contributed by atoms with van der Waals surface area (Å²) in [6.07, 6.45) is 1.97. The molecule has 2 aromatic rings. The highest BCUT2D eigenvalue weighted by atomic mass is 16.5. The second kappa shape index (κ2) is 6.88. The van der Waals surface area contributed by atoms with Crippen LogP contribution in [0.1, 0.15) is 18.6 Å². The number of rotatable bonds is 5. The first-order chi connectivity index (χ1) is 11.5. The molecule has 1 aliphatic heterocycles. The van der Waals surface area contributed by atoms with Crippen LogP contribution in [-0.4, -0.2) is 34.9 Å². The fourth-order valence-electron chi connectivity index (χ4n) is 2.59. The summed E-state index contributed by atoms with van der Waals surface area (Å²) in [5.74, 6) is 0.900. The maximum absolute atomic E-state index is 12.1. The molecule has 3 rings (SSSR count). The van der Waals surface area contributed by atoms with Crippen molar-refractivity contribution in [1.82, 2.24) is 15.1 Å². The summed E-state index contributed by atoms with van der Waals surface area (Å²) in [5.41, 5.74) is 5.67. The van der Waals surface area contributed by atoms with E-state index in [9.17, 15) is 9.59 Å². The number of amides is 1. The summed E-state index contributed by atoms with van der Waals surface area (Å²) in [4.78, 5) is 24.1. The summed E-state index contributed by atoms with van der Waals surface area (Å²) in [6.45, 7) is 2.76. The van der Waals surface area contributed by atoms with Crippen molar-refractivity contribution in [1.29, 1.82) is 0 Å². The van der Waals surface area contributed by atoms with Crippen LogP contribution in [0.3, 0.4) is 0 Å². The Kier molecular flexibility index (Phi) is 4.66. The van der Waals surface area contributed by atoms with Gasteiger partial charge in [-0.3, -0.25) is 9.59 Å². The number of carbonyl (C=O) groups is 1. The minimum Gasteiger partial charge on any atom is -0.460 e. The first-order valence-electron chi connectivity index (χ1n) is 7.85. The molecule has 1 aliphatic rings. The number of nitrogens with one attached hydrogen (secondary N) is 1. The third-order valence-corrected chi connectivity index (χ3v) is 3.84. The molecule has 0 spiro atoms. The van der Waals surface area contributed by atoms with E-state index in [4.69, 9.17) is 14.9 Å². The van der Waals surface area contributed by atoms with E-state index in [2.05, 4.69) is 10.4 Å². The maximum Gasteiger partial charge on any atom is 0.290 e. The lowest BCUT2D eigenvalue weighted by Crippen LogP contribution is -2.37. The molecule has 0 aliphatic carbocycles. The molecule has 128 valence electrons. The number of hydrogen-bond donors (Lipinski definition) is 2. The maximum atomic E-state index is 12.1. The Balaban J connectivity index is 1.73. The Hall–Kier alpha value is -2.61. The molecule has 0 aromatic carbocycles. The summed E-state index contributed by atoms with van der Waals surface area (Å²) in [5, 5.41) is 6.93. The molecule has 24 heavy (non-hydrogen) atoms. The van der Waals surface area contributed by atoms with Crippen LogP contribution in [0, 0.1) is 6.92 Å². The van der Waals surface area contributed by atoms with Crippen LogP contribution in [0.4, 0.5) is 5.69 Å². The Morgan fingerprint density at radius 1 is 1.50 bits per heavy atom. The van der Waals surface area contributed by atoms with E-state index < -0.39 is 5.56 Å². The molecule has 1 atom stereocenters. The molecule has 0 unspecified atom stereocenters. The zero-order valence-electron chi connectivity index (χ0n) is 13.4. The van der Waals surface area contributed by atoms with Crippen LogP contribution in [0.15, 0.2) is 27.4 Å². The van der Waals surface area contributed by atoms with Gasteiger partial charge in [-0.25, -0.2) is 4.68 Å². The fraction of sp³-hybridized carbons (Fsp3) is 0.438. The average molecular weight is 332 g/mol. The Labute approximate surface area is 138 Å². The zero-order chi connectivity index (χ0) is 17.1. The van der Waals surface area contributed by atoms with Crippen molar-refractivity contribution in [2.24, 2.45) is 0 Å². The second-order valence-electron chi connectivity index (χ2n) is 5.80. The van der Waals surface area contributed by atoms with Gasteiger partial charge >= 0.3 is 0 Å². The van der Waals surface area contributed by atoms with Crippen molar-refractivity contribution in [2.75, 3.05) is 18.9 Å². The highest BCUT2D eigenvalue weighted by molar-refractivity contribution is 5.75. The summed E-state index contributed by atoms with van der Waals surface area (Å²) >= 11 is 0. The molecule has 3 heterocycles. The second-order valence-corrected chi connectivity index (χ2v) is 5.80. The molecule has 0 saturated carbocycles. The molecular formula is C16H20N4O4. The first-order valence-corrected chi connectivity index (χ1v) is 7.85. The van der Waals surface area contributed by atoms with Gasteiger partial charge in [0.05, 0.1) is 6.10 Å². The van der Waals surface area contributed by atoms with E-state index in [-0.39, 0.29) is 24.2 Å². The highest BCUT2D eigenvalue weighted by Crippen LogP contribution is 2.19. The molecular weight excluding hydrogens is 312 g/mol. The lowest BCUT2D eigenvalue weighted by atomic mass is 10.2. The van der Waals surface area contributed by atoms with E-state index in [0.29, 0.717) is 18.0 Å². The SMILES string of the molecule is Cc1ccc(-c2cc(N)c(=O)n(CC(=O)NC[C@H]3CCCO3)n2)o1. The number of nitrogens with two attached hydrogens (primary N) is 1. The number of ether oxygens (including phenoxy) is 1. The predicted molar refractivity (Wildman–Crippen MR) is 87.3 cm³/mol. The van der Waals surface area contributed by atoms with Crippen molar-refractivity contribution in [3.63, 3.8) is 0 Å². The molecule has 8 heteroatoms. The Bertz CT molecular complexity index is 790. The quantitative estimate of drug-likeness (QED) is 0.833. The summed E-state index contributed by atoms with van der Waals surface area (Å²) in [7, 11) is 0. The minimum atomic E-state index is -0.505. The smallest absolute Gasteiger partial charge is 0.290 e. The number of furan rings is 1. The van der Waals surface area contributed by atoms with Gasteiger partial charge in [0, 0.05) is 13.2 Å². The van der Waals surface area contributed by atoms with Crippen LogP contribution in [0.2, 0.25) is 0 Å². The third kappa shape index (κ3) is 3.65. The van der Waals surface area contributed by atoms with Crippen LogP contribution in [0.5, 0.6) is 0 Å². The Morgan fingerprint density at radius 3 is 3.00 bits per heavy atom. The van der Waals surface area contributed by atoms with E-state index in [1.165, 1.54) is 6.07 Å². The van der Waals surface area contributed by atoms with Gasteiger partial charge < -0.3 is 20.2 Å². The van der Waals surface area contributed by atoms with Crippen LogP contribution in [0.25, 0.3) is 11.5 Å². The monoisotopic (exact) mass is 332 g/mol. The summed E-state index contributed by atoms with van der Waals surface area (Å²) in [6, 6.07) is 4.97. The standard InChI is InChI=1S/C16H20N4O4/c1-10-4-5-14(24-10)13-7-12(17)16(22)20(19-13)9-15(21)18-8-11-3-2-6-23-11/h4-5,7,11H,2-3,6,8-9,17H2,1H3,(H,18,21)/t11-/m1/s1. The van der Waals surface area contributed by atoms with Crippen molar-refractivity contribution in [3.05, 3.63) is 34.3 Å². The fourth-order valence-corrected chi connectivity index (χ4v) is 2.59. The number of hydrogen-bond acceptors (Lipinski definition) is 6. The number of nitrogens with zero attached hydrogens (tertiary/aromatic N) is 2. The number of aryl methyl sites for hydroxylation is 1. The van der Waals surface area contributed by atoms with Gasteiger partial charge in [0.1, 0.15) is 23.7 Å². The van der Waals surface area contributed by atoms with Crippen LogP contribution >= 0.6 is 0 Å². The minimum absolute atomic E-state index is 0.0148. The van der Waals surface area contributed by atoms with Crippen molar-refractivity contribution in [2.45, 2.75) is 32.4 Å². The van der Waals surface area contributed by atoms with Gasteiger partial charge in [-0.2, -0.15) is 5.10 Å². The van der Waals surface area contributed by atoms with Gasteiger partial charge in [0.25, 0.3) is 5.56 Å². The normalized spacial score (nSPS) is 17.1. The van der Waals surface area contributed by atoms with Crippen molar-refractivity contribution < 1.29 is 13.9 Å². The largest absolute Gasteiger partial charge is 0.460 e. The highest BCUT2D eigenvalue weighted by Gasteiger charge is 2.17. The lowest BCUT2D eigenvalue weighted by molar-refractivity contribution is -0.122. The van der Waals surface area contributed by atoms with Gasteiger partial charge in [0.15, 0.2) is 5.76 Å². The molecule has 0 bridgehead atoms. The Morgan fingerprint density at radius 2 is 2.33 bits per heavy atom. The van der Waals surface area contributed by atoms with Gasteiger partial charge in [-0.05, 0) is 38.0 Å². The molecule has 8 nitrogen and oxygen atoms in total. The van der Waals surface area contributed by atoms with Crippen molar-refractivity contribution in [3.8, 4) is 11.5 Å². The number of carbonyl (C=O) groups excluding carboxylic acids is 1. The van der Waals surface area contributed by atoms with Gasteiger partial charge in [0.2, 0.25) is 5.91 Å². The van der Waals surface area contributed by atoms with E-state index in [0.717, 1.165) is 29.9 Å². The lowest BCUT2D eigenvalue weighted by Gasteiger charge is -2.12. The van der Waals surface area contributed by atoms with E-state index in [1.54, 1.807) is 19.1 Å². The predicted octanol–water partition coefficient (Wildman–Crippen LogP) is 0.689. The van der Waals surface area contributed by atoms with Crippen molar-refractivity contribution >= 4 is 11.6 Å². The average Bonchev–Trinajstić information content (AvgIpc) is 3.21. The van der Waals surface area contributed by atoms with E-state index in [1.807, 2.05) is 0 Å². The third-order valence-electron chi connectivity index (χ3n) is 3.84.